The van der Waals surface area contributed by atoms with Crippen LogP contribution in [0.1, 0.15) is 5.56 Å². The molecule has 1 aromatic carbocycles. The zero-order valence-electron chi connectivity index (χ0n) is 17.8. The van der Waals surface area contributed by atoms with Crippen LogP contribution in [0.2, 0.25) is 0 Å². The minimum Gasteiger partial charge on any atom is -0.369 e. The Hall–Kier alpha value is -3.78. The van der Waals surface area contributed by atoms with Gasteiger partial charge < -0.3 is 15.1 Å². The van der Waals surface area contributed by atoms with Crippen LogP contribution in [0.25, 0.3) is 33.5 Å². The predicted molar refractivity (Wildman–Crippen MR) is 125 cm³/mol. The van der Waals surface area contributed by atoms with Crippen LogP contribution in [-0.2, 0) is 11.2 Å². The third kappa shape index (κ3) is 3.29. The van der Waals surface area contributed by atoms with Gasteiger partial charge in [-0.2, -0.15) is 5.10 Å². The summed E-state index contributed by atoms with van der Waals surface area (Å²) in [6, 6.07) is 14.5. The number of nitrogens with one attached hydrogen (secondary N) is 2. The number of hydrogen-bond acceptors (Lipinski definition) is 6. The zero-order chi connectivity index (χ0) is 21.7. The summed E-state index contributed by atoms with van der Waals surface area (Å²) in [5.41, 5.74) is 7.41. The molecule has 0 atom stereocenters. The second-order valence-corrected chi connectivity index (χ2v) is 8.46. The molecule has 0 aliphatic carbocycles. The van der Waals surface area contributed by atoms with Crippen molar-refractivity contribution in [3.63, 3.8) is 0 Å². The fourth-order valence-corrected chi connectivity index (χ4v) is 4.40. The zero-order valence-corrected chi connectivity index (χ0v) is 17.8. The Balaban J connectivity index is 1.32. The van der Waals surface area contributed by atoms with E-state index in [1.165, 1.54) is 5.69 Å². The van der Waals surface area contributed by atoms with Crippen molar-refractivity contribution >= 4 is 28.4 Å². The molecule has 1 fully saturated rings. The normalized spacial score (nSPS) is 16.4. The van der Waals surface area contributed by atoms with Gasteiger partial charge in [-0.05, 0) is 37.4 Å². The van der Waals surface area contributed by atoms with Gasteiger partial charge in [-0.1, -0.05) is 12.1 Å². The first kappa shape index (κ1) is 18.9. The first-order valence-electron chi connectivity index (χ1n) is 10.8. The van der Waals surface area contributed by atoms with Crippen LogP contribution in [0, 0.1) is 0 Å². The van der Waals surface area contributed by atoms with Crippen LogP contribution in [0.3, 0.4) is 0 Å². The molecule has 0 spiro atoms. The van der Waals surface area contributed by atoms with Gasteiger partial charge in [0.05, 0.1) is 17.6 Å². The number of pyridine rings is 2. The fourth-order valence-electron chi connectivity index (χ4n) is 4.40. The Kier molecular flexibility index (Phi) is 4.39. The number of H-pyrrole nitrogens is 1. The Morgan fingerprint density at radius 2 is 1.78 bits per heavy atom. The molecule has 2 aliphatic heterocycles. The third-order valence-electron chi connectivity index (χ3n) is 6.29. The Morgan fingerprint density at radius 3 is 2.59 bits per heavy atom. The van der Waals surface area contributed by atoms with Crippen LogP contribution in [-0.4, -0.2) is 64.2 Å². The highest BCUT2D eigenvalue weighted by Crippen LogP contribution is 2.31. The lowest BCUT2D eigenvalue weighted by Gasteiger charge is -2.34. The van der Waals surface area contributed by atoms with Gasteiger partial charge in [0.1, 0.15) is 17.0 Å². The van der Waals surface area contributed by atoms with Gasteiger partial charge in [0.15, 0.2) is 0 Å². The molecule has 32 heavy (non-hydrogen) atoms. The molecule has 2 aliphatic rings. The molecule has 8 nitrogen and oxygen atoms in total. The molecule has 3 aromatic heterocycles. The number of nitrogens with zero attached hydrogens (tertiary/aromatic N) is 5. The lowest BCUT2D eigenvalue weighted by atomic mass is 10.1. The van der Waals surface area contributed by atoms with E-state index in [-0.39, 0.29) is 5.91 Å². The number of hydrogen-bond donors (Lipinski definition) is 2. The SMILES string of the molecule is CN1CCN(c2ccc(-c3n[nH]c4ccc(-c5cnc6c(c5)CC(=O)N6)nc34)cc2)CC1. The van der Waals surface area contributed by atoms with Gasteiger partial charge in [0.25, 0.3) is 0 Å². The molecule has 6 rings (SSSR count). The van der Waals surface area contributed by atoms with E-state index in [1.807, 2.05) is 18.2 Å². The van der Waals surface area contributed by atoms with Crippen LogP contribution in [0.15, 0.2) is 48.7 Å². The Bertz CT molecular complexity index is 1320. The number of aromatic amines is 1. The first-order chi connectivity index (χ1) is 15.6. The summed E-state index contributed by atoms with van der Waals surface area (Å²) in [5.74, 6) is 0.620. The highest BCUT2D eigenvalue weighted by atomic mass is 16.1. The fraction of sp³-hybridized carbons (Fsp3) is 0.250. The largest absolute Gasteiger partial charge is 0.369 e. The number of anilines is 2. The van der Waals surface area contributed by atoms with Crippen LogP contribution < -0.4 is 10.2 Å². The maximum Gasteiger partial charge on any atom is 0.230 e. The van der Waals surface area contributed by atoms with E-state index in [9.17, 15) is 4.79 Å². The lowest BCUT2D eigenvalue weighted by Crippen LogP contribution is -2.44. The highest BCUT2D eigenvalue weighted by Gasteiger charge is 2.20. The van der Waals surface area contributed by atoms with Crippen LogP contribution in [0.4, 0.5) is 11.5 Å². The van der Waals surface area contributed by atoms with Crippen molar-refractivity contribution in [1.82, 2.24) is 25.1 Å². The predicted octanol–water partition coefficient (Wildman–Crippen LogP) is 2.93. The van der Waals surface area contributed by atoms with Gasteiger partial charge >= 0.3 is 0 Å². The molecule has 4 aromatic rings. The van der Waals surface area contributed by atoms with Crippen LogP contribution in [0.5, 0.6) is 0 Å². The van der Waals surface area contributed by atoms with Crippen molar-refractivity contribution in [2.75, 3.05) is 43.4 Å². The standard InChI is InChI=1S/C24H23N7O/c1-30-8-10-31(11-9-30)18-4-2-15(3-5-18)22-23-20(28-29-22)7-6-19(26-23)17-12-16-13-21(32)27-24(16)25-14-17/h2-7,12,14H,8-11,13H2,1H3,(H,28,29)(H,25,27,32). The summed E-state index contributed by atoms with van der Waals surface area (Å²) in [5, 5.41) is 10.4. The van der Waals surface area contributed by atoms with Gasteiger partial charge in [0.2, 0.25) is 5.91 Å². The van der Waals surface area contributed by atoms with E-state index in [0.29, 0.717) is 12.2 Å². The maximum absolute atomic E-state index is 11.6. The minimum absolute atomic E-state index is 0.0230. The number of piperazine rings is 1. The average molecular weight is 425 g/mol. The number of carbonyl (C=O) groups excluding carboxylic acids is 1. The van der Waals surface area contributed by atoms with Crippen molar-refractivity contribution in [2.24, 2.45) is 0 Å². The van der Waals surface area contributed by atoms with Crippen molar-refractivity contribution in [3.8, 4) is 22.5 Å². The second kappa shape index (κ2) is 7.42. The lowest BCUT2D eigenvalue weighted by molar-refractivity contribution is -0.115. The van der Waals surface area contributed by atoms with E-state index < -0.39 is 0 Å². The highest BCUT2D eigenvalue weighted by molar-refractivity contribution is 5.98. The van der Waals surface area contributed by atoms with Gasteiger partial charge in [0, 0.05) is 54.8 Å². The van der Waals surface area contributed by atoms with Crippen molar-refractivity contribution in [1.29, 1.82) is 0 Å². The molecule has 160 valence electrons. The molecule has 0 bridgehead atoms. The van der Waals surface area contributed by atoms with Gasteiger partial charge in [-0.3, -0.25) is 9.89 Å². The summed E-state index contributed by atoms with van der Waals surface area (Å²) in [6.45, 7) is 4.25. The summed E-state index contributed by atoms with van der Waals surface area (Å²) < 4.78 is 0. The number of fused-ring (bicyclic) bond motifs is 2. The molecule has 2 N–H and O–H groups in total. The van der Waals surface area contributed by atoms with E-state index in [1.54, 1.807) is 6.20 Å². The van der Waals surface area contributed by atoms with Crippen molar-refractivity contribution in [3.05, 3.63) is 54.2 Å². The van der Waals surface area contributed by atoms with Gasteiger partial charge in [-0.15, -0.1) is 0 Å². The summed E-state index contributed by atoms with van der Waals surface area (Å²) in [6.07, 6.45) is 2.11. The topological polar surface area (TPSA) is 90.0 Å². The molecular weight excluding hydrogens is 402 g/mol. The van der Waals surface area contributed by atoms with Crippen LogP contribution >= 0.6 is 0 Å². The quantitative estimate of drug-likeness (QED) is 0.525. The monoisotopic (exact) mass is 425 g/mol. The summed E-state index contributed by atoms with van der Waals surface area (Å²) >= 11 is 0. The second-order valence-electron chi connectivity index (χ2n) is 8.46. The smallest absolute Gasteiger partial charge is 0.230 e. The van der Waals surface area contributed by atoms with Crippen molar-refractivity contribution in [2.45, 2.75) is 6.42 Å². The van der Waals surface area contributed by atoms with E-state index >= 15 is 0 Å². The third-order valence-corrected chi connectivity index (χ3v) is 6.29. The van der Waals surface area contributed by atoms with E-state index in [4.69, 9.17) is 4.98 Å². The number of aromatic nitrogens is 4. The molecule has 0 unspecified atom stereocenters. The molecule has 0 saturated carbocycles. The maximum atomic E-state index is 11.6. The number of likely N-dealkylation sites (N-methyl/N-ethyl adjacent to an activating group) is 1. The Morgan fingerprint density at radius 1 is 0.969 bits per heavy atom. The average Bonchev–Trinajstić information content (AvgIpc) is 3.41. The summed E-state index contributed by atoms with van der Waals surface area (Å²) in [7, 11) is 2.17. The minimum atomic E-state index is -0.0230. The summed E-state index contributed by atoms with van der Waals surface area (Å²) in [4.78, 5) is 25.7. The first-order valence-corrected chi connectivity index (χ1v) is 10.8. The van der Waals surface area contributed by atoms with Crippen molar-refractivity contribution < 1.29 is 4.79 Å². The number of carbonyl (C=O) groups is 1. The molecule has 0 radical (unpaired) electrons. The molecule has 8 heteroatoms. The molecule has 1 amide bonds. The number of rotatable bonds is 3. The number of benzene rings is 1. The molecule has 1 saturated heterocycles. The molecular formula is C24H23N7O. The number of amides is 1. The Labute approximate surface area is 185 Å². The van der Waals surface area contributed by atoms with Gasteiger partial charge in [-0.25, -0.2) is 9.97 Å². The molecule has 5 heterocycles. The van der Waals surface area contributed by atoms with E-state index in [0.717, 1.165) is 65.3 Å². The van der Waals surface area contributed by atoms with E-state index in [2.05, 4.69) is 61.6 Å².